The number of nitrogens with zero attached hydrogens (tertiary/aromatic N) is 2. The van der Waals surface area contributed by atoms with Gasteiger partial charge in [0.25, 0.3) is 0 Å². The van der Waals surface area contributed by atoms with Gasteiger partial charge in [0.15, 0.2) is 0 Å². The van der Waals surface area contributed by atoms with Gasteiger partial charge in [0.1, 0.15) is 17.9 Å². The third kappa shape index (κ3) is 3.40. The molecular formula is C17H22FN3O4S. The fourth-order valence-corrected chi connectivity index (χ4v) is 4.68. The van der Waals surface area contributed by atoms with Crippen LogP contribution in [0.3, 0.4) is 0 Å². The number of likely N-dealkylation sites (tertiary alicyclic amines) is 1. The predicted molar refractivity (Wildman–Crippen MR) is 94.5 cm³/mol. The number of carbonyl (C=O) groups excluding carboxylic acids is 2. The Labute approximate surface area is 152 Å². The average molecular weight is 383 g/mol. The molecule has 0 bridgehead atoms. The first-order chi connectivity index (χ1) is 12.2. The standard InChI is InChI=1S/C17H22FN3O4S/c1-26(24,25)21(14-6-2-5-13(18)11-14)12-15(22)20-10-4-8-17(20)7-3-9-19-16(17)23/h2,5-6,11H,3-4,7-10,12H2,1H3,(H,19,23). The highest BCUT2D eigenvalue weighted by Gasteiger charge is 2.50. The molecule has 2 heterocycles. The Kier molecular flexibility index (Phi) is 4.92. The van der Waals surface area contributed by atoms with Crippen LogP contribution in [-0.4, -0.2) is 56.6 Å². The van der Waals surface area contributed by atoms with E-state index in [4.69, 9.17) is 0 Å². The Hall–Kier alpha value is -2.16. The molecule has 9 heteroatoms. The maximum Gasteiger partial charge on any atom is 0.245 e. The summed E-state index contributed by atoms with van der Waals surface area (Å²) in [5.41, 5.74) is -0.803. The summed E-state index contributed by atoms with van der Waals surface area (Å²) in [6.45, 7) is 0.533. The predicted octanol–water partition coefficient (Wildman–Crippen LogP) is 0.863. The third-order valence-corrected chi connectivity index (χ3v) is 6.18. The van der Waals surface area contributed by atoms with Crippen molar-refractivity contribution in [3.63, 3.8) is 0 Å². The van der Waals surface area contributed by atoms with Crippen LogP contribution in [0.2, 0.25) is 0 Å². The summed E-state index contributed by atoms with van der Waals surface area (Å²) in [5.74, 6) is -1.21. The molecule has 0 aliphatic carbocycles. The Morgan fingerprint density at radius 3 is 2.73 bits per heavy atom. The normalized spacial score (nSPS) is 23.2. The topological polar surface area (TPSA) is 86.8 Å². The van der Waals surface area contributed by atoms with Gasteiger partial charge in [0, 0.05) is 13.1 Å². The smallest absolute Gasteiger partial charge is 0.245 e. The fraction of sp³-hybridized carbons (Fsp3) is 0.529. The number of anilines is 1. The van der Waals surface area contributed by atoms with Gasteiger partial charge in [-0.3, -0.25) is 13.9 Å². The molecule has 0 radical (unpaired) electrons. The molecule has 1 unspecified atom stereocenters. The van der Waals surface area contributed by atoms with Crippen LogP contribution >= 0.6 is 0 Å². The highest BCUT2D eigenvalue weighted by atomic mass is 32.2. The minimum atomic E-state index is -3.80. The lowest BCUT2D eigenvalue weighted by atomic mass is 9.86. The van der Waals surface area contributed by atoms with E-state index in [0.717, 1.165) is 23.0 Å². The molecule has 2 amide bonds. The number of rotatable bonds is 4. The summed E-state index contributed by atoms with van der Waals surface area (Å²) in [5, 5.41) is 2.81. The quantitative estimate of drug-likeness (QED) is 0.836. The number of piperidine rings is 1. The van der Waals surface area contributed by atoms with E-state index in [2.05, 4.69) is 5.32 Å². The van der Waals surface area contributed by atoms with Crippen molar-refractivity contribution >= 4 is 27.5 Å². The van der Waals surface area contributed by atoms with Crippen molar-refractivity contribution in [1.82, 2.24) is 10.2 Å². The van der Waals surface area contributed by atoms with Crippen molar-refractivity contribution in [2.75, 3.05) is 30.2 Å². The van der Waals surface area contributed by atoms with E-state index in [0.29, 0.717) is 32.4 Å². The van der Waals surface area contributed by atoms with Crippen molar-refractivity contribution in [3.05, 3.63) is 30.1 Å². The summed E-state index contributed by atoms with van der Waals surface area (Å²) >= 11 is 0. The zero-order valence-electron chi connectivity index (χ0n) is 14.6. The molecule has 1 aromatic carbocycles. The van der Waals surface area contributed by atoms with Crippen molar-refractivity contribution in [1.29, 1.82) is 0 Å². The summed E-state index contributed by atoms with van der Waals surface area (Å²) in [4.78, 5) is 26.9. The molecule has 2 saturated heterocycles. The summed E-state index contributed by atoms with van der Waals surface area (Å²) in [6, 6.07) is 5.10. The van der Waals surface area contributed by atoms with Crippen LogP contribution in [0.25, 0.3) is 0 Å². The first-order valence-electron chi connectivity index (χ1n) is 8.56. The molecule has 142 valence electrons. The lowest BCUT2D eigenvalue weighted by molar-refractivity contribution is -0.146. The number of carbonyl (C=O) groups is 2. The molecule has 7 nitrogen and oxygen atoms in total. The summed E-state index contributed by atoms with van der Waals surface area (Å²) in [7, 11) is -3.80. The highest BCUT2D eigenvalue weighted by molar-refractivity contribution is 7.92. The number of hydrogen-bond acceptors (Lipinski definition) is 4. The van der Waals surface area contributed by atoms with Gasteiger partial charge in [-0.1, -0.05) is 6.07 Å². The second-order valence-corrected chi connectivity index (χ2v) is 8.70. The molecule has 2 aliphatic rings. The Balaban J connectivity index is 1.87. The van der Waals surface area contributed by atoms with Crippen LogP contribution < -0.4 is 9.62 Å². The minimum Gasteiger partial charge on any atom is -0.354 e. The third-order valence-electron chi connectivity index (χ3n) is 5.04. The van der Waals surface area contributed by atoms with E-state index in [1.165, 1.54) is 23.1 Å². The number of benzene rings is 1. The SMILES string of the molecule is CS(=O)(=O)N(CC(=O)N1CCCC12CCCNC2=O)c1cccc(F)c1. The molecule has 0 saturated carbocycles. The van der Waals surface area contributed by atoms with Crippen LogP contribution in [-0.2, 0) is 19.6 Å². The van der Waals surface area contributed by atoms with Crippen molar-refractivity contribution < 1.29 is 22.4 Å². The van der Waals surface area contributed by atoms with Gasteiger partial charge < -0.3 is 10.2 Å². The largest absolute Gasteiger partial charge is 0.354 e. The average Bonchev–Trinajstić information content (AvgIpc) is 2.99. The van der Waals surface area contributed by atoms with E-state index >= 15 is 0 Å². The molecule has 0 aromatic heterocycles. The van der Waals surface area contributed by atoms with E-state index in [1.54, 1.807) is 0 Å². The van der Waals surface area contributed by atoms with E-state index in [-0.39, 0.29) is 11.6 Å². The van der Waals surface area contributed by atoms with Crippen LogP contribution in [0.1, 0.15) is 25.7 Å². The highest BCUT2D eigenvalue weighted by Crippen LogP contribution is 2.36. The molecule has 2 fully saturated rings. The van der Waals surface area contributed by atoms with Crippen LogP contribution in [0.4, 0.5) is 10.1 Å². The van der Waals surface area contributed by atoms with Crippen molar-refractivity contribution in [2.45, 2.75) is 31.2 Å². The molecule has 1 aromatic rings. The summed E-state index contributed by atoms with van der Waals surface area (Å²) < 4.78 is 38.8. The number of amides is 2. The van der Waals surface area contributed by atoms with Gasteiger partial charge in [-0.2, -0.15) is 0 Å². The van der Waals surface area contributed by atoms with Crippen LogP contribution in [0.15, 0.2) is 24.3 Å². The maximum atomic E-state index is 13.5. The second-order valence-electron chi connectivity index (χ2n) is 6.79. The lowest BCUT2D eigenvalue weighted by Crippen LogP contribution is -2.61. The molecule has 26 heavy (non-hydrogen) atoms. The van der Waals surface area contributed by atoms with Gasteiger partial charge in [-0.15, -0.1) is 0 Å². The second kappa shape index (κ2) is 6.86. The first kappa shape index (κ1) is 18.6. The molecule has 3 rings (SSSR count). The molecule has 1 atom stereocenters. The van der Waals surface area contributed by atoms with E-state index in [1.807, 2.05) is 0 Å². The van der Waals surface area contributed by atoms with Gasteiger partial charge >= 0.3 is 0 Å². The monoisotopic (exact) mass is 383 g/mol. The van der Waals surface area contributed by atoms with Gasteiger partial charge in [-0.25, -0.2) is 12.8 Å². The molecule has 1 spiro atoms. The number of nitrogens with one attached hydrogen (secondary N) is 1. The molecular weight excluding hydrogens is 361 g/mol. The lowest BCUT2D eigenvalue weighted by Gasteiger charge is -2.40. The number of hydrogen-bond donors (Lipinski definition) is 1. The molecule has 1 N–H and O–H groups in total. The molecule has 2 aliphatic heterocycles. The zero-order chi connectivity index (χ0) is 18.9. The maximum absolute atomic E-state index is 13.5. The Morgan fingerprint density at radius 2 is 2.08 bits per heavy atom. The zero-order valence-corrected chi connectivity index (χ0v) is 15.4. The van der Waals surface area contributed by atoms with Crippen molar-refractivity contribution in [2.24, 2.45) is 0 Å². The fourth-order valence-electron chi connectivity index (χ4n) is 3.84. The van der Waals surface area contributed by atoms with Gasteiger partial charge in [-0.05, 0) is 43.9 Å². The van der Waals surface area contributed by atoms with Crippen molar-refractivity contribution in [3.8, 4) is 0 Å². The number of sulfonamides is 1. The summed E-state index contributed by atoms with van der Waals surface area (Å²) in [6.07, 6.45) is 3.58. The van der Waals surface area contributed by atoms with E-state index < -0.39 is 33.8 Å². The van der Waals surface area contributed by atoms with Gasteiger partial charge in [0.05, 0.1) is 11.9 Å². The van der Waals surface area contributed by atoms with E-state index in [9.17, 15) is 22.4 Å². The van der Waals surface area contributed by atoms with Crippen LogP contribution in [0, 0.1) is 5.82 Å². The van der Waals surface area contributed by atoms with Crippen LogP contribution in [0.5, 0.6) is 0 Å². The first-order valence-corrected chi connectivity index (χ1v) is 10.4. The minimum absolute atomic E-state index is 0.0854. The Bertz CT molecular complexity index is 829. The number of halogens is 1. The Morgan fingerprint density at radius 1 is 1.35 bits per heavy atom. The van der Waals surface area contributed by atoms with Gasteiger partial charge in [0.2, 0.25) is 21.8 Å².